The number of aromatic amines is 1. The van der Waals surface area contributed by atoms with Crippen molar-refractivity contribution in [2.45, 2.75) is 12.8 Å². The van der Waals surface area contributed by atoms with Crippen molar-refractivity contribution < 1.29 is 4.74 Å². The fourth-order valence-corrected chi connectivity index (χ4v) is 4.25. The van der Waals surface area contributed by atoms with Crippen LogP contribution in [0.25, 0.3) is 21.8 Å². The number of ether oxygens (including phenoxy) is 1. The van der Waals surface area contributed by atoms with Crippen LogP contribution in [0.4, 0.5) is 0 Å². The van der Waals surface area contributed by atoms with Crippen LogP contribution in [0, 0.1) is 5.92 Å². The van der Waals surface area contributed by atoms with E-state index in [0.717, 1.165) is 23.7 Å². The van der Waals surface area contributed by atoms with E-state index in [1.54, 1.807) is 5.57 Å². The Kier molecular flexibility index (Phi) is 4.45. The summed E-state index contributed by atoms with van der Waals surface area (Å²) in [4.78, 5) is 6.04. The van der Waals surface area contributed by atoms with E-state index in [2.05, 4.69) is 58.4 Å². The van der Waals surface area contributed by atoms with Crippen LogP contribution in [-0.2, 0) is 0 Å². The molecule has 130 valence electrons. The molecular formula is C21H23ClN2O. The van der Waals surface area contributed by atoms with Gasteiger partial charge in [-0.3, -0.25) is 4.90 Å². The Morgan fingerprint density at radius 1 is 1.04 bits per heavy atom. The molecule has 3 nitrogen and oxygen atoms in total. The molecule has 4 heteroatoms. The SMILES string of the molecule is C(/COc1ccc2c(c1)[nH]c1ccccc12)=C1/CN2CCC1CC2.Cl. The number of para-hydroxylation sites is 1. The smallest absolute Gasteiger partial charge is 0.121 e. The van der Waals surface area contributed by atoms with Gasteiger partial charge >= 0.3 is 0 Å². The third kappa shape index (κ3) is 3.03. The molecule has 0 saturated carbocycles. The minimum atomic E-state index is 0. The topological polar surface area (TPSA) is 28.3 Å². The normalized spacial score (nSPS) is 23.9. The van der Waals surface area contributed by atoms with Crippen molar-refractivity contribution in [2.75, 3.05) is 26.2 Å². The van der Waals surface area contributed by atoms with Crippen molar-refractivity contribution in [2.24, 2.45) is 5.92 Å². The number of H-pyrrole nitrogens is 1. The number of rotatable bonds is 3. The number of nitrogens with zero attached hydrogens (tertiary/aromatic N) is 1. The first-order valence-corrected chi connectivity index (χ1v) is 8.91. The second-order valence-corrected chi connectivity index (χ2v) is 7.02. The van der Waals surface area contributed by atoms with Gasteiger partial charge in [0.1, 0.15) is 12.4 Å². The Hall–Kier alpha value is -1.97. The molecule has 0 amide bonds. The Morgan fingerprint density at radius 3 is 2.64 bits per heavy atom. The van der Waals surface area contributed by atoms with E-state index in [9.17, 15) is 0 Å². The van der Waals surface area contributed by atoms with Crippen LogP contribution in [0.1, 0.15) is 12.8 Å². The van der Waals surface area contributed by atoms with E-state index in [4.69, 9.17) is 4.74 Å². The molecular weight excluding hydrogens is 332 g/mol. The Morgan fingerprint density at radius 2 is 1.84 bits per heavy atom. The second kappa shape index (κ2) is 6.74. The van der Waals surface area contributed by atoms with Crippen molar-refractivity contribution in [1.29, 1.82) is 0 Å². The number of halogens is 1. The lowest BCUT2D eigenvalue weighted by Crippen LogP contribution is -2.43. The molecule has 3 fully saturated rings. The predicted molar refractivity (Wildman–Crippen MR) is 106 cm³/mol. The monoisotopic (exact) mass is 354 g/mol. The highest BCUT2D eigenvalue weighted by atomic mass is 35.5. The van der Waals surface area contributed by atoms with Crippen LogP contribution in [0.3, 0.4) is 0 Å². The molecule has 1 N–H and O–H groups in total. The Bertz CT molecular complexity index is 922. The first-order chi connectivity index (χ1) is 11.9. The summed E-state index contributed by atoms with van der Waals surface area (Å²) in [6.45, 7) is 4.38. The average molecular weight is 355 g/mol. The van der Waals surface area contributed by atoms with Crippen molar-refractivity contribution in [3.63, 3.8) is 0 Å². The molecule has 6 rings (SSSR count). The molecule has 3 aliphatic rings. The van der Waals surface area contributed by atoms with Gasteiger partial charge < -0.3 is 9.72 Å². The summed E-state index contributed by atoms with van der Waals surface area (Å²) in [6.07, 6.45) is 4.96. The molecule has 2 bridgehead atoms. The zero-order valence-corrected chi connectivity index (χ0v) is 15.0. The fraction of sp³-hybridized carbons (Fsp3) is 0.333. The van der Waals surface area contributed by atoms with Gasteiger partial charge in [0.25, 0.3) is 0 Å². The van der Waals surface area contributed by atoms with Gasteiger partial charge in [-0.1, -0.05) is 23.8 Å². The van der Waals surface area contributed by atoms with Crippen LogP contribution < -0.4 is 4.74 Å². The molecule has 4 heterocycles. The highest BCUT2D eigenvalue weighted by molar-refractivity contribution is 6.07. The highest BCUT2D eigenvalue weighted by Crippen LogP contribution is 2.32. The number of benzene rings is 2. The second-order valence-electron chi connectivity index (χ2n) is 7.02. The molecule has 3 saturated heterocycles. The van der Waals surface area contributed by atoms with Crippen LogP contribution in [-0.4, -0.2) is 36.1 Å². The maximum atomic E-state index is 6.01. The average Bonchev–Trinajstić information content (AvgIpc) is 3.00. The zero-order chi connectivity index (χ0) is 15.9. The number of hydrogen-bond donors (Lipinski definition) is 1. The number of piperidine rings is 3. The number of aromatic nitrogens is 1. The first-order valence-electron chi connectivity index (χ1n) is 8.91. The molecule has 2 aromatic carbocycles. The predicted octanol–water partition coefficient (Wildman–Crippen LogP) is 4.77. The molecule has 0 aliphatic carbocycles. The van der Waals surface area contributed by atoms with Gasteiger partial charge in [-0.05, 0) is 56.1 Å². The molecule has 0 spiro atoms. The largest absolute Gasteiger partial charge is 0.489 e. The lowest BCUT2D eigenvalue weighted by atomic mass is 9.84. The fourth-order valence-electron chi connectivity index (χ4n) is 4.25. The van der Waals surface area contributed by atoms with Gasteiger partial charge in [-0.25, -0.2) is 0 Å². The summed E-state index contributed by atoms with van der Waals surface area (Å²) in [5.74, 6) is 1.74. The van der Waals surface area contributed by atoms with Gasteiger partial charge in [-0.2, -0.15) is 0 Å². The summed E-state index contributed by atoms with van der Waals surface area (Å²) in [5.41, 5.74) is 3.91. The van der Waals surface area contributed by atoms with Gasteiger partial charge in [0.2, 0.25) is 0 Å². The van der Waals surface area contributed by atoms with E-state index in [0.29, 0.717) is 6.61 Å². The van der Waals surface area contributed by atoms with E-state index in [-0.39, 0.29) is 12.4 Å². The summed E-state index contributed by atoms with van der Waals surface area (Å²) in [7, 11) is 0. The third-order valence-corrected chi connectivity index (χ3v) is 5.59. The zero-order valence-electron chi connectivity index (χ0n) is 14.2. The Labute approximate surface area is 154 Å². The number of fused-ring (bicyclic) bond motifs is 6. The van der Waals surface area contributed by atoms with E-state index >= 15 is 0 Å². The maximum Gasteiger partial charge on any atom is 0.121 e. The van der Waals surface area contributed by atoms with E-state index in [1.165, 1.54) is 42.2 Å². The van der Waals surface area contributed by atoms with Crippen LogP contribution >= 0.6 is 12.4 Å². The first kappa shape index (κ1) is 16.5. The third-order valence-electron chi connectivity index (χ3n) is 5.59. The summed E-state index contributed by atoms with van der Waals surface area (Å²) >= 11 is 0. The van der Waals surface area contributed by atoms with Crippen LogP contribution in [0.15, 0.2) is 54.1 Å². The summed E-state index contributed by atoms with van der Waals surface area (Å²) < 4.78 is 6.01. The quantitative estimate of drug-likeness (QED) is 0.686. The van der Waals surface area contributed by atoms with Gasteiger partial charge in [0, 0.05) is 28.9 Å². The molecule has 1 aromatic heterocycles. The van der Waals surface area contributed by atoms with Crippen molar-refractivity contribution >= 4 is 34.2 Å². The van der Waals surface area contributed by atoms with Gasteiger partial charge in [0.05, 0.1) is 5.52 Å². The maximum absolute atomic E-state index is 6.01. The van der Waals surface area contributed by atoms with E-state index < -0.39 is 0 Å². The molecule has 0 radical (unpaired) electrons. The lowest BCUT2D eigenvalue weighted by molar-refractivity contribution is 0.160. The minimum Gasteiger partial charge on any atom is -0.489 e. The van der Waals surface area contributed by atoms with Crippen molar-refractivity contribution in [1.82, 2.24) is 9.88 Å². The molecule has 0 unspecified atom stereocenters. The number of nitrogens with one attached hydrogen (secondary N) is 1. The minimum absolute atomic E-state index is 0. The molecule has 25 heavy (non-hydrogen) atoms. The van der Waals surface area contributed by atoms with Crippen LogP contribution in [0.2, 0.25) is 0 Å². The highest BCUT2D eigenvalue weighted by Gasteiger charge is 2.28. The molecule has 0 atom stereocenters. The number of hydrogen-bond acceptors (Lipinski definition) is 2. The Balaban J connectivity index is 0.00000157. The molecule has 3 aliphatic heterocycles. The van der Waals surface area contributed by atoms with Crippen LogP contribution in [0.5, 0.6) is 5.75 Å². The van der Waals surface area contributed by atoms with Gasteiger partial charge in [-0.15, -0.1) is 12.4 Å². The van der Waals surface area contributed by atoms with Crippen molar-refractivity contribution in [3.8, 4) is 5.75 Å². The lowest BCUT2D eigenvalue weighted by Gasteiger charge is -2.41. The summed E-state index contributed by atoms with van der Waals surface area (Å²) in [5, 5.41) is 2.53. The summed E-state index contributed by atoms with van der Waals surface area (Å²) in [6, 6.07) is 14.8. The molecule has 3 aromatic rings. The van der Waals surface area contributed by atoms with E-state index in [1.807, 2.05) is 0 Å². The van der Waals surface area contributed by atoms with Gasteiger partial charge in [0.15, 0.2) is 0 Å². The van der Waals surface area contributed by atoms with Crippen molar-refractivity contribution in [3.05, 3.63) is 54.1 Å². The standard InChI is InChI=1S/C21H22N2O.ClH/c1-2-4-20-18(3-1)19-6-5-17(13-21(19)22-20)24-12-9-16-14-23-10-7-15(16)8-11-23;/h1-6,9,13,15,22H,7-8,10-12,14H2;1H/b16-9+;.